The van der Waals surface area contributed by atoms with Crippen molar-refractivity contribution >= 4 is 22.9 Å². The number of imidazole rings is 1. The summed E-state index contributed by atoms with van der Waals surface area (Å²) in [5.74, 6) is 0.139. The van der Waals surface area contributed by atoms with E-state index in [1.807, 2.05) is 24.3 Å². The monoisotopic (exact) mass is 275 g/mol. The molecule has 20 heavy (non-hydrogen) atoms. The normalized spacial score (nSPS) is 10.4. The predicted molar refractivity (Wildman–Crippen MR) is 73.8 cm³/mol. The largest absolute Gasteiger partial charge is 0.466 e. The molecule has 0 atom stereocenters. The molecule has 0 saturated carbocycles. The number of H-pyrrole nitrogens is 1. The van der Waals surface area contributed by atoms with Crippen molar-refractivity contribution in [3.8, 4) is 0 Å². The summed E-state index contributed by atoms with van der Waals surface area (Å²) >= 11 is 0. The van der Waals surface area contributed by atoms with Gasteiger partial charge >= 0.3 is 5.97 Å². The molecule has 0 radical (unpaired) electrons. The van der Waals surface area contributed by atoms with Gasteiger partial charge in [-0.1, -0.05) is 12.1 Å². The number of esters is 1. The molecule has 0 fully saturated rings. The lowest BCUT2D eigenvalue weighted by Gasteiger charge is -2.03. The van der Waals surface area contributed by atoms with Crippen molar-refractivity contribution in [1.29, 1.82) is 0 Å². The van der Waals surface area contributed by atoms with Gasteiger partial charge in [0.25, 0.3) is 0 Å². The van der Waals surface area contributed by atoms with E-state index in [2.05, 4.69) is 15.3 Å². The standard InChI is InChI=1S/C14H17N3O3/c1-2-20-14(19)8-7-13(18)15-9-12-16-10-5-3-4-6-11(10)17-12/h3-6H,2,7-9H2,1H3,(H,15,18)(H,16,17). The Kier molecular flexibility index (Phi) is 4.70. The number of aromatic amines is 1. The second-order valence-electron chi connectivity index (χ2n) is 4.28. The lowest BCUT2D eigenvalue weighted by molar-refractivity contribution is -0.144. The first-order chi connectivity index (χ1) is 9.69. The number of hydrogen-bond acceptors (Lipinski definition) is 4. The van der Waals surface area contributed by atoms with E-state index in [1.165, 1.54) is 0 Å². The number of hydrogen-bond donors (Lipinski definition) is 2. The molecule has 6 nitrogen and oxygen atoms in total. The molecule has 2 N–H and O–H groups in total. The number of carbonyl (C=O) groups excluding carboxylic acids is 2. The highest BCUT2D eigenvalue weighted by Crippen LogP contribution is 2.09. The number of para-hydroxylation sites is 2. The number of amides is 1. The van der Waals surface area contributed by atoms with E-state index in [4.69, 9.17) is 4.74 Å². The quantitative estimate of drug-likeness (QED) is 0.783. The lowest BCUT2D eigenvalue weighted by Crippen LogP contribution is -2.24. The molecule has 2 aromatic rings. The summed E-state index contributed by atoms with van der Waals surface area (Å²) in [4.78, 5) is 30.2. The number of carbonyl (C=O) groups is 2. The Hall–Kier alpha value is -2.37. The zero-order valence-corrected chi connectivity index (χ0v) is 11.3. The summed E-state index contributed by atoms with van der Waals surface area (Å²) in [6, 6.07) is 7.65. The molecule has 1 heterocycles. The zero-order valence-electron chi connectivity index (χ0n) is 11.3. The molecule has 0 aliphatic rings. The minimum atomic E-state index is -0.355. The molecule has 106 valence electrons. The number of fused-ring (bicyclic) bond motifs is 1. The predicted octanol–water partition coefficient (Wildman–Crippen LogP) is 1.52. The van der Waals surface area contributed by atoms with E-state index in [0.29, 0.717) is 19.0 Å². The summed E-state index contributed by atoms with van der Waals surface area (Å²) in [6.07, 6.45) is 0.221. The van der Waals surface area contributed by atoms with Crippen molar-refractivity contribution in [2.45, 2.75) is 26.3 Å². The molecular formula is C14H17N3O3. The summed E-state index contributed by atoms with van der Waals surface area (Å²) < 4.78 is 4.76. The summed E-state index contributed by atoms with van der Waals surface area (Å²) in [6.45, 7) is 2.38. The van der Waals surface area contributed by atoms with E-state index in [0.717, 1.165) is 11.0 Å². The smallest absolute Gasteiger partial charge is 0.306 e. The van der Waals surface area contributed by atoms with Gasteiger partial charge in [-0.25, -0.2) is 4.98 Å². The van der Waals surface area contributed by atoms with Gasteiger partial charge in [-0.3, -0.25) is 9.59 Å². The molecule has 0 aliphatic heterocycles. The Morgan fingerprint density at radius 1 is 1.30 bits per heavy atom. The average molecular weight is 275 g/mol. The average Bonchev–Trinajstić information content (AvgIpc) is 2.86. The van der Waals surface area contributed by atoms with Crippen LogP contribution in [0.3, 0.4) is 0 Å². The van der Waals surface area contributed by atoms with Gasteiger partial charge in [0.15, 0.2) is 0 Å². The zero-order chi connectivity index (χ0) is 14.4. The van der Waals surface area contributed by atoms with E-state index < -0.39 is 0 Å². The Morgan fingerprint density at radius 2 is 2.10 bits per heavy atom. The maximum atomic E-state index is 11.6. The minimum Gasteiger partial charge on any atom is -0.466 e. The highest BCUT2D eigenvalue weighted by Gasteiger charge is 2.08. The van der Waals surface area contributed by atoms with Crippen molar-refractivity contribution in [2.75, 3.05) is 6.61 Å². The number of nitrogens with zero attached hydrogens (tertiary/aromatic N) is 1. The van der Waals surface area contributed by atoms with Crippen LogP contribution in [0.2, 0.25) is 0 Å². The Morgan fingerprint density at radius 3 is 2.85 bits per heavy atom. The summed E-state index contributed by atoms with van der Waals surface area (Å²) in [7, 11) is 0. The minimum absolute atomic E-state index is 0.0970. The highest BCUT2D eigenvalue weighted by atomic mass is 16.5. The fourth-order valence-corrected chi connectivity index (χ4v) is 1.81. The van der Waals surface area contributed by atoms with E-state index >= 15 is 0 Å². The molecule has 1 amide bonds. The Labute approximate surface area is 116 Å². The van der Waals surface area contributed by atoms with Crippen LogP contribution in [0.5, 0.6) is 0 Å². The number of ether oxygens (including phenoxy) is 1. The lowest BCUT2D eigenvalue weighted by atomic mass is 10.3. The van der Waals surface area contributed by atoms with Crippen LogP contribution in [0.15, 0.2) is 24.3 Å². The summed E-state index contributed by atoms with van der Waals surface area (Å²) in [5, 5.41) is 2.72. The molecule has 0 aliphatic carbocycles. The maximum Gasteiger partial charge on any atom is 0.306 e. The van der Waals surface area contributed by atoms with Gasteiger partial charge in [0.1, 0.15) is 5.82 Å². The van der Waals surface area contributed by atoms with Crippen LogP contribution in [0.25, 0.3) is 11.0 Å². The molecule has 6 heteroatoms. The summed E-state index contributed by atoms with van der Waals surface area (Å²) in [5.41, 5.74) is 1.80. The van der Waals surface area contributed by atoms with Gasteiger partial charge in [-0.2, -0.15) is 0 Å². The van der Waals surface area contributed by atoms with E-state index in [9.17, 15) is 9.59 Å². The molecular weight excluding hydrogens is 258 g/mol. The first kappa shape index (κ1) is 14.0. The van der Waals surface area contributed by atoms with Gasteiger partial charge in [-0.15, -0.1) is 0 Å². The van der Waals surface area contributed by atoms with Crippen LogP contribution in [0.4, 0.5) is 0 Å². The SMILES string of the molecule is CCOC(=O)CCC(=O)NCc1nc2ccccc2[nH]1. The van der Waals surface area contributed by atoms with Gasteiger partial charge in [0, 0.05) is 6.42 Å². The molecule has 2 rings (SSSR count). The van der Waals surface area contributed by atoms with Gasteiger partial charge in [0.2, 0.25) is 5.91 Å². The molecule has 1 aromatic heterocycles. The van der Waals surface area contributed by atoms with Crippen LogP contribution in [0, 0.1) is 0 Å². The first-order valence-corrected chi connectivity index (χ1v) is 6.55. The van der Waals surface area contributed by atoms with Crippen molar-refractivity contribution in [3.63, 3.8) is 0 Å². The van der Waals surface area contributed by atoms with Gasteiger partial charge in [-0.05, 0) is 19.1 Å². The van der Waals surface area contributed by atoms with Crippen LogP contribution in [-0.4, -0.2) is 28.5 Å². The van der Waals surface area contributed by atoms with Crippen LogP contribution >= 0.6 is 0 Å². The fraction of sp³-hybridized carbons (Fsp3) is 0.357. The fourth-order valence-electron chi connectivity index (χ4n) is 1.81. The van der Waals surface area contributed by atoms with Crippen molar-refractivity contribution in [1.82, 2.24) is 15.3 Å². The second kappa shape index (κ2) is 6.70. The third-order valence-electron chi connectivity index (χ3n) is 2.75. The van der Waals surface area contributed by atoms with E-state index in [1.54, 1.807) is 6.92 Å². The van der Waals surface area contributed by atoms with Crippen LogP contribution in [0.1, 0.15) is 25.6 Å². The van der Waals surface area contributed by atoms with Gasteiger partial charge < -0.3 is 15.0 Å². The molecule has 0 bridgehead atoms. The molecule has 1 aromatic carbocycles. The number of aromatic nitrogens is 2. The van der Waals surface area contributed by atoms with Crippen LogP contribution < -0.4 is 5.32 Å². The maximum absolute atomic E-state index is 11.6. The Bertz CT molecular complexity index is 573. The first-order valence-electron chi connectivity index (χ1n) is 6.55. The van der Waals surface area contributed by atoms with E-state index in [-0.39, 0.29) is 24.7 Å². The third kappa shape index (κ3) is 3.81. The number of rotatable bonds is 6. The number of benzene rings is 1. The van der Waals surface area contributed by atoms with Crippen molar-refractivity contribution in [2.24, 2.45) is 0 Å². The highest BCUT2D eigenvalue weighted by molar-refractivity contribution is 5.81. The number of nitrogens with one attached hydrogen (secondary N) is 2. The van der Waals surface area contributed by atoms with Crippen LogP contribution in [-0.2, 0) is 20.9 Å². The third-order valence-corrected chi connectivity index (χ3v) is 2.75. The molecule has 0 spiro atoms. The molecule has 0 unspecified atom stereocenters. The topological polar surface area (TPSA) is 84.1 Å². The van der Waals surface area contributed by atoms with Crippen molar-refractivity contribution in [3.05, 3.63) is 30.1 Å². The second-order valence-corrected chi connectivity index (χ2v) is 4.28. The van der Waals surface area contributed by atoms with Crippen molar-refractivity contribution < 1.29 is 14.3 Å². The molecule has 0 saturated heterocycles. The van der Waals surface area contributed by atoms with Gasteiger partial charge in [0.05, 0.1) is 30.6 Å². The Balaban J connectivity index is 1.79.